The Labute approximate surface area is 89.0 Å². The molecule has 0 spiro atoms. The quantitative estimate of drug-likeness (QED) is 0.709. The summed E-state index contributed by atoms with van der Waals surface area (Å²) in [6.45, 7) is 0.667. The van der Waals surface area contributed by atoms with E-state index >= 15 is 0 Å². The van der Waals surface area contributed by atoms with E-state index in [1.807, 2.05) is 24.3 Å². The molecule has 3 nitrogen and oxygen atoms in total. The second-order valence-corrected chi connectivity index (χ2v) is 3.65. The maximum Gasteiger partial charge on any atom is 0.126 e. The molecular weight excluding hydrogens is 192 g/mol. The van der Waals surface area contributed by atoms with E-state index in [4.69, 9.17) is 9.47 Å². The minimum absolute atomic E-state index is 0.00149. The Bertz CT molecular complexity index is 331. The predicted molar refractivity (Wildman–Crippen MR) is 55.9 cm³/mol. The van der Waals surface area contributed by atoms with Crippen LogP contribution in [0.25, 0.3) is 0 Å². The van der Waals surface area contributed by atoms with Gasteiger partial charge < -0.3 is 14.3 Å². The van der Waals surface area contributed by atoms with Crippen molar-refractivity contribution in [1.82, 2.24) is 0 Å². The summed E-state index contributed by atoms with van der Waals surface area (Å²) in [6, 6.07) is 7.67. The highest BCUT2D eigenvalue weighted by Gasteiger charge is 2.28. The molecule has 3 heteroatoms. The summed E-state index contributed by atoms with van der Waals surface area (Å²) < 4.78 is 10.6. The first-order valence-corrected chi connectivity index (χ1v) is 5.06. The zero-order chi connectivity index (χ0) is 10.7. The molecule has 0 bridgehead atoms. The Morgan fingerprint density at radius 2 is 2.13 bits per heavy atom. The minimum Gasteiger partial charge on any atom is -0.497 e. The summed E-state index contributed by atoms with van der Waals surface area (Å²) >= 11 is 0. The third-order valence-corrected chi connectivity index (χ3v) is 2.76. The Kier molecular flexibility index (Phi) is 3.02. The highest BCUT2D eigenvalue weighted by Crippen LogP contribution is 2.33. The lowest BCUT2D eigenvalue weighted by Crippen LogP contribution is -2.08. The molecule has 2 rings (SSSR count). The molecule has 0 saturated carbocycles. The predicted octanol–water partition coefficient (Wildman–Crippen LogP) is 1.97. The van der Waals surface area contributed by atoms with Gasteiger partial charge in [-0.25, -0.2) is 0 Å². The van der Waals surface area contributed by atoms with Crippen LogP contribution in [0.5, 0.6) is 5.75 Å². The fraction of sp³-hybridized carbons (Fsp3) is 0.417. The maximum atomic E-state index is 10.8. The van der Waals surface area contributed by atoms with Crippen molar-refractivity contribution in [2.24, 2.45) is 5.92 Å². The molecule has 1 aliphatic heterocycles. The van der Waals surface area contributed by atoms with E-state index in [0.717, 1.165) is 24.0 Å². The lowest BCUT2D eigenvalue weighted by molar-refractivity contribution is -0.112. The van der Waals surface area contributed by atoms with Crippen molar-refractivity contribution >= 4 is 6.29 Å². The van der Waals surface area contributed by atoms with Gasteiger partial charge in [0.05, 0.1) is 13.2 Å². The highest BCUT2D eigenvalue weighted by molar-refractivity contribution is 5.56. The van der Waals surface area contributed by atoms with Crippen LogP contribution >= 0.6 is 0 Å². The van der Waals surface area contributed by atoms with Gasteiger partial charge in [-0.05, 0) is 24.1 Å². The molecule has 0 aliphatic carbocycles. The molecule has 1 fully saturated rings. The molecule has 1 heterocycles. The number of ether oxygens (including phenoxy) is 2. The van der Waals surface area contributed by atoms with Crippen LogP contribution in [-0.4, -0.2) is 20.0 Å². The van der Waals surface area contributed by atoms with Gasteiger partial charge in [0.1, 0.15) is 12.0 Å². The second-order valence-electron chi connectivity index (χ2n) is 3.65. The number of aldehydes is 1. The van der Waals surface area contributed by atoms with Gasteiger partial charge in [-0.3, -0.25) is 0 Å². The maximum absolute atomic E-state index is 10.8. The van der Waals surface area contributed by atoms with Gasteiger partial charge in [0, 0.05) is 12.5 Å². The first-order chi connectivity index (χ1) is 7.35. The molecule has 80 valence electrons. The molecule has 0 aromatic heterocycles. The van der Waals surface area contributed by atoms with Crippen LogP contribution in [0.3, 0.4) is 0 Å². The van der Waals surface area contributed by atoms with E-state index in [0.29, 0.717) is 6.61 Å². The van der Waals surface area contributed by atoms with Gasteiger partial charge in [0.25, 0.3) is 0 Å². The number of benzene rings is 1. The highest BCUT2D eigenvalue weighted by atomic mass is 16.5. The van der Waals surface area contributed by atoms with Crippen LogP contribution in [0.1, 0.15) is 18.1 Å². The van der Waals surface area contributed by atoms with Crippen LogP contribution in [0.4, 0.5) is 0 Å². The van der Waals surface area contributed by atoms with Gasteiger partial charge in [-0.2, -0.15) is 0 Å². The Balaban J connectivity index is 2.17. The number of carbonyl (C=O) groups excluding carboxylic acids is 1. The van der Waals surface area contributed by atoms with E-state index in [-0.39, 0.29) is 12.0 Å². The van der Waals surface area contributed by atoms with Crippen LogP contribution in [0, 0.1) is 5.92 Å². The van der Waals surface area contributed by atoms with Crippen molar-refractivity contribution in [3.63, 3.8) is 0 Å². The molecule has 1 aromatic carbocycles. The minimum atomic E-state index is -0.0755. The SMILES string of the molecule is COc1ccc([C@@H]2OCC[C@@H]2C=O)cc1. The third-order valence-electron chi connectivity index (χ3n) is 2.76. The average Bonchev–Trinajstić information content (AvgIpc) is 2.77. The second kappa shape index (κ2) is 4.45. The van der Waals surface area contributed by atoms with Crippen molar-refractivity contribution in [1.29, 1.82) is 0 Å². The normalized spacial score (nSPS) is 25.1. The molecule has 1 aliphatic rings. The van der Waals surface area contributed by atoms with Gasteiger partial charge >= 0.3 is 0 Å². The summed E-state index contributed by atoms with van der Waals surface area (Å²) in [7, 11) is 1.63. The summed E-state index contributed by atoms with van der Waals surface area (Å²) in [6.07, 6.45) is 1.73. The molecular formula is C12H14O3. The fourth-order valence-corrected chi connectivity index (χ4v) is 1.88. The van der Waals surface area contributed by atoms with E-state index in [2.05, 4.69) is 0 Å². The Hall–Kier alpha value is -1.35. The zero-order valence-corrected chi connectivity index (χ0v) is 8.68. The third kappa shape index (κ3) is 2.02. The number of rotatable bonds is 3. The molecule has 0 radical (unpaired) electrons. The van der Waals surface area contributed by atoms with Gasteiger partial charge in [-0.15, -0.1) is 0 Å². The number of hydrogen-bond donors (Lipinski definition) is 0. The number of carbonyl (C=O) groups is 1. The topological polar surface area (TPSA) is 35.5 Å². The molecule has 1 saturated heterocycles. The standard InChI is InChI=1S/C12H14O3/c1-14-11-4-2-9(3-5-11)12-10(8-13)6-7-15-12/h2-5,8,10,12H,6-7H2,1H3/t10-,12+/m1/s1. The number of methoxy groups -OCH3 is 1. The summed E-state index contributed by atoms with van der Waals surface area (Å²) in [5, 5.41) is 0. The zero-order valence-electron chi connectivity index (χ0n) is 8.68. The van der Waals surface area contributed by atoms with E-state index in [9.17, 15) is 4.79 Å². The lowest BCUT2D eigenvalue weighted by atomic mass is 9.97. The van der Waals surface area contributed by atoms with E-state index in [1.54, 1.807) is 7.11 Å². The molecule has 1 aromatic rings. The number of hydrogen-bond acceptors (Lipinski definition) is 3. The summed E-state index contributed by atoms with van der Waals surface area (Å²) in [4.78, 5) is 10.8. The van der Waals surface area contributed by atoms with Gasteiger partial charge in [-0.1, -0.05) is 12.1 Å². The first kappa shape index (κ1) is 10.2. The van der Waals surface area contributed by atoms with Crippen LogP contribution in [0.15, 0.2) is 24.3 Å². The van der Waals surface area contributed by atoms with Crippen molar-refractivity contribution in [3.8, 4) is 5.75 Å². The fourth-order valence-electron chi connectivity index (χ4n) is 1.88. The van der Waals surface area contributed by atoms with E-state index in [1.165, 1.54) is 0 Å². The Morgan fingerprint density at radius 3 is 2.73 bits per heavy atom. The largest absolute Gasteiger partial charge is 0.497 e. The summed E-state index contributed by atoms with van der Waals surface area (Å²) in [5.74, 6) is 0.817. The Morgan fingerprint density at radius 1 is 1.40 bits per heavy atom. The van der Waals surface area contributed by atoms with Gasteiger partial charge in [0.15, 0.2) is 0 Å². The van der Waals surface area contributed by atoms with Crippen molar-refractivity contribution < 1.29 is 14.3 Å². The molecule has 15 heavy (non-hydrogen) atoms. The van der Waals surface area contributed by atoms with E-state index < -0.39 is 0 Å². The first-order valence-electron chi connectivity index (χ1n) is 5.06. The molecule has 0 unspecified atom stereocenters. The molecule has 0 amide bonds. The van der Waals surface area contributed by atoms with Crippen LogP contribution in [0.2, 0.25) is 0 Å². The monoisotopic (exact) mass is 206 g/mol. The lowest BCUT2D eigenvalue weighted by Gasteiger charge is -2.14. The average molecular weight is 206 g/mol. The van der Waals surface area contributed by atoms with Crippen molar-refractivity contribution in [3.05, 3.63) is 29.8 Å². The molecule has 2 atom stereocenters. The smallest absolute Gasteiger partial charge is 0.126 e. The summed E-state index contributed by atoms with van der Waals surface area (Å²) in [5.41, 5.74) is 1.05. The van der Waals surface area contributed by atoms with Gasteiger partial charge in [0.2, 0.25) is 0 Å². The van der Waals surface area contributed by atoms with Crippen LogP contribution < -0.4 is 4.74 Å². The van der Waals surface area contributed by atoms with Crippen LogP contribution in [-0.2, 0) is 9.53 Å². The van der Waals surface area contributed by atoms with Crippen molar-refractivity contribution in [2.75, 3.05) is 13.7 Å². The molecule has 0 N–H and O–H groups in total. The van der Waals surface area contributed by atoms with Crippen molar-refractivity contribution in [2.45, 2.75) is 12.5 Å².